The predicted molar refractivity (Wildman–Crippen MR) is 98.4 cm³/mol. The fourth-order valence-electron chi connectivity index (χ4n) is 3.10. The van der Waals surface area contributed by atoms with E-state index in [4.69, 9.17) is 9.47 Å². The zero-order chi connectivity index (χ0) is 17.2. The molecule has 0 spiro atoms. The van der Waals surface area contributed by atoms with Crippen LogP contribution in [-0.2, 0) is 0 Å². The van der Waals surface area contributed by atoms with Crippen LogP contribution in [0.5, 0.6) is 11.5 Å². The van der Waals surface area contributed by atoms with Crippen LogP contribution in [0.2, 0.25) is 0 Å². The molecule has 0 saturated carbocycles. The van der Waals surface area contributed by atoms with Gasteiger partial charge in [0.1, 0.15) is 0 Å². The van der Waals surface area contributed by atoms with Gasteiger partial charge in [-0.25, -0.2) is 0 Å². The molecule has 0 bridgehead atoms. The van der Waals surface area contributed by atoms with E-state index in [2.05, 4.69) is 72.8 Å². The molecule has 0 amide bonds. The number of ether oxygens (including phenoxy) is 2. The van der Waals surface area contributed by atoms with Crippen molar-refractivity contribution in [2.24, 2.45) is 0 Å². The predicted octanol–water partition coefficient (Wildman–Crippen LogP) is 2.14. The van der Waals surface area contributed by atoms with Crippen LogP contribution in [0.1, 0.15) is 0 Å². The zero-order valence-corrected chi connectivity index (χ0v) is 16.3. The summed E-state index contributed by atoms with van der Waals surface area (Å²) in [5.41, 5.74) is 0. The number of methoxy groups -OCH3 is 2. The second kappa shape index (κ2) is 6.92. The Kier molecular flexibility index (Phi) is 4.49. The second-order valence-corrected chi connectivity index (χ2v) is 8.55. The summed E-state index contributed by atoms with van der Waals surface area (Å²) in [5.74, 6) is 1.87. The Morgan fingerprint density at radius 1 is 0.520 bits per heavy atom. The zero-order valence-electron chi connectivity index (χ0n) is 14.1. The summed E-state index contributed by atoms with van der Waals surface area (Å²) in [4.78, 5) is 0. The van der Waals surface area contributed by atoms with Crippen LogP contribution >= 0.6 is 0 Å². The maximum atomic E-state index is 5.53. The van der Waals surface area contributed by atoms with Crippen LogP contribution in [-0.4, -0.2) is 14.2 Å². The van der Waals surface area contributed by atoms with Crippen molar-refractivity contribution in [3.63, 3.8) is 0 Å². The molecule has 3 heteroatoms. The number of rotatable bonds is 4. The monoisotopic (exact) mass is 441 g/mol. The van der Waals surface area contributed by atoms with E-state index in [9.17, 15) is 0 Å². The molecule has 0 saturated heterocycles. The van der Waals surface area contributed by atoms with Gasteiger partial charge in [0, 0.05) is 0 Å². The van der Waals surface area contributed by atoms with Gasteiger partial charge in [-0.2, -0.15) is 0 Å². The van der Waals surface area contributed by atoms with E-state index >= 15 is 0 Å². The van der Waals surface area contributed by atoms with Crippen LogP contribution in [0.15, 0.2) is 72.8 Å². The Bertz CT molecular complexity index is 971. The fraction of sp³-hybridized carbons (Fsp3) is 0.0909. The van der Waals surface area contributed by atoms with Crippen molar-refractivity contribution in [1.82, 2.24) is 0 Å². The van der Waals surface area contributed by atoms with Crippen LogP contribution in [0.25, 0.3) is 21.5 Å². The van der Waals surface area contributed by atoms with E-state index in [0.717, 1.165) is 11.5 Å². The molecular weight excluding hydrogens is 423 g/mol. The number of hydrogen-bond acceptors (Lipinski definition) is 2. The summed E-state index contributed by atoms with van der Waals surface area (Å²) in [7, 11) is 3.46. The molecule has 0 atom stereocenters. The van der Waals surface area contributed by atoms with Gasteiger partial charge in [-0.15, -0.1) is 0 Å². The first-order valence-corrected chi connectivity index (χ1v) is 10.2. The van der Waals surface area contributed by atoms with Gasteiger partial charge in [-0.05, 0) is 0 Å². The number of benzene rings is 4. The SMILES string of the molecule is COc1ccc([I-]c2ccc(OC)c3ccccc23)c2ccccc12. The topological polar surface area (TPSA) is 18.5 Å². The molecule has 0 radical (unpaired) electrons. The Balaban J connectivity index is 1.87. The van der Waals surface area contributed by atoms with Gasteiger partial charge >= 0.3 is 158 Å². The summed E-state index contributed by atoms with van der Waals surface area (Å²) in [6, 6.07) is 25.6. The van der Waals surface area contributed by atoms with Gasteiger partial charge in [0.05, 0.1) is 0 Å². The van der Waals surface area contributed by atoms with Gasteiger partial charge in [-0.1, -0.05) is 0 Å². The molecule has 0 aromatic heterocycles. The summed E-state index contributed by atoms with van der Waals surface area (Å²) in [5, 5.41) is 4.93. The van der Waals surface area contributed by atoms with Gasteiger partial charge < -0.3 is 0 Å². The maximum absolute atomic E-state index is 5.53. The van der Waals surface area contributed by atoms with E-state index < -0.39 is 0 Å². The molecule has 0 aliphatic heterocycles. The average Bonchev–Trinajstić information content (AvgIpc) is 2.68. The molecule has 4 aromatic carbocycles. The van der Waals surface area contributed by atoms with E-state index in [1.165, 1.54) is 28.7 Å². The molecule has 4 aromatic rings. The summed E-state index contributed by atoms with van der Waals surface area (Å²) in [6.07, 6.45) is 0. The van der Waals surface area contributed by atoms with Crippen LogP contribution in [0, 0.1) is 7.14 Å². The third kappa shape index (κ3) is 2.93. The van der Waals surface area contributed by atoms with Crippen molar-refractivity contribution in [1.29, 1.82) is 0 Å². The molecule has 0 aliphatic carbocycles. The third-order valence-corrected chi connectivity index (χ3v) is 7.35. The average molecular weight is 441 g/mol. The Hall–Kier alpha value is -2.27. The van der Waals surface area contributed by atoms with Crippen molar-refractivity contribution >= 4 is 21.5 Å². The quantitative estimate of drug-likeness (QED) is 0.452. The number of fused-ring (bicyclic) bond motifs is 2. The Labute approximate surface area is 157 Å². The van der Waals surface area contributed by atoms with Gasteiger partial charge in [0.25, 0.3) is 0 Å². The van der Waals surface area contributed by atoms with Crippen molar-refractivity contribution < 1.29 is 30.7 Å². The fourth-order valence-corrected chi connectivity index (χ4v) is 5.97. The normalized spacial score (nSPS) is 11.1. The molecule has 0 fully saturated rings. The first-order valence-electron chi connectivity index (χ1n) is 8.08. The standard InChI is InChI=1S/C22H18IO2/c1-24-21-13-11-19(15-7-3-5-9-17(15)21)23-20-12-14-22(25-2)18-10-6-4-8-16(18)20/h3-14H,1-2H3/q-1. The second-order valence-electron chi connectivity index (χ2n) is 5.68. The minimum atomic E-state index is -0.323. The first kappa shape index (κ1) is 16.2. The molecule has 126 valence electrons. The molecule has 4 rings (SSSR count). The Morgan fingerprint density at radius 2 is 0.920 bits per heavy atom. The van der Waals surface area contributed by atoms with Crippen molar-refractivity contribution in [3.05, 3.63) is 79.9 Å². The third-order valence-electron chi connectivity index (χ3n) is 4.31. The molecule has 0 N–H and O–H groups in total. The first-order chi connectivity index (χ1) is 12.3. The van der Waals surface area contributed by atoms with Crippen LogP contribution in [0.3, 0.4) is 0 Å². The molecule has 0 aliphatic rings. The molecule has 0 unspecified atom stereocenters. The van der Waals surface area contributed by atoms with Crippen molar-refractivity contribution in [3.8, 4) is 11.5 Å². The van der Waals surface area contributed by atoms with Crippen LogP contribution < -0.4 is 30.7 Å². The van der Waals surface area contributed by atoms with Gasteiger partial charge in [0.15, 0.2) is 0 Å². The molecule has 25 heavy (non-hydrogen) atoms. The number of halogens is 1. The summed E-state index contributed by atoms with van der Waals surface area (Å²) < 4.78 is 13.9. The van der Waals surface area contributed by atoms with Crippen molar-refractivity contribution in [2.75, 3.05) is 14.2 Å². The number of hydrogen-bond donors (Lipinski definition) is 0. The van der Waals surface area contributed by atoms with E-state index in [0.29, 0.717) is 0 Å². The van der Waals surface area contributed by atoms with Gasteiger partial charge in [-0.3, -0.25) is 0 Å². The minimum absolute atomic E-state index is 0.323. The van der Waals surface area contributed by atoms with Crippen LogP contribution in [0.4, 0.5) is 0 Å². The summed E-state index contributed by atoms with van der Waals surface area (Å²) in [6.45, 7) is 0. The molecule has 0 heterocycles. The van der Waals surface area contributed by atoms with E-state index in [-0.39, 0.29) is 21.2 Å². The van der Waals surface area contributed by atoms with Crippen molar-refractivity contribution in [2.45, 2.75) is 0 Å². The Morgan fingerprint density at radius 3 is 1.32 bits per heavy atom. The van der Waals surface area contributed by atoms with Gasteiger partial charge in [0.2, 0.25) is 0 Å². The van der Waals surface area contributed by atoms with E-state index in [1.807, 2.05) is 0 Å². The van der Waals surface area contributed by atoms with E-state index in [1.54, 1.807) is 14.2 Å². The molecular formula is C22H18IO2-. The molecule has 2 nitrogen and oxygen atoms in total. The summed E-state index contributed by atoms with van der Waals surface area (Å²) >= 11 is -0.323.